The second-order valence-corrected chi connectivity index (χ2v) is 10.4. The number of nitrogens with one attached hydrogen (secondary N) is 3. The SMILES string of the molecule is Cn1c(=O)/c(=C(/NCc2ccc(-c3cccc(P)n3)cc2)Nc2ccccc2)c(=N)n2c1=NC1CCCC12. The monoisotopic (exact) mass is 523 g/mol. The Morgan fingerprint density at radius 3 is 2.61 bits per heavy atom. The van der Waals surface area contributed by atoms with Crippen LogP contribution >= 0.6 is 9.24 Å². The highest BCUT2D eigenvalue weighted by Gasteiger charge is 2.34. The van der Waals surface area contributed by atoms with Gasteiger partial charge in [0, 0.05) is 24.8 Å². The van der Waals surface area contributed by atoms with Crippen molar-refractivity contribution in [2.45, 2.75) is 37.9 Å². The highest BCUT2D eigenvalue weighted by molar-refractivity contribution is 7.26. The zero-order valence-electron chi connectivity index (χ0n) is 21.2. The van der Waals surface area contributed by atoms with Gasteiger partial charge in [0.05, 0.1) is 23.2 Å². The summed E-state index contributed by atoms with van der Waals surface area (Å²) < 4.78 is 3.53. The summed E-state index contributed by atoms with van der Waals surface area (Å²) in [5.74, 6) is 0.514. The first-order valence-corrected chi connectivity index (χ1v) is 13.4. The van der Waals surface area contributed by atoms with Crippen LogP contribution in [0.4, 0.5) is 5.69 Å². The lowest BCUT2D eigenvalue weighted by Crippen LogP contribution is -2.59. The van der Waals surface area contributed by atoms with Crippen LogP contribution in [0.15, 0.2) is 82.6 Å². The Morgan fingerprint density at radius 1 is 1.05 bits per heavy atom. The van der Waals surface area contributed by atoms with E-state index in [-0.39, 0.29) is 23.1 Å². The van der Waals surface area contributed by atoms with E-state index in [0.29, 0.717) is 23.2 Å². The predicted octanol–water partition coefficient (Wildman–Crippen LogP) is 1.92. The van der Waals surface area contributed by atoms with E-state index in [1.807, 2.05) is 53.1 Å². The normalized spacial score (nSPS) is 18.4. The van der Waals surface area contributed by atoms with E-state index in [1.165, 1.54) is 0 Å². The van der Waals surface area contributed by atoms with E-state index in [9.17, 15) is 4.79 Å². The Kier molecular flexibility index (Phi) is 6.42. The van der Waals surface area contributed by atoms with Gasteiger partial charge >= 0.3 is 0 Å². The van der Waals surface area contributed by atoms with Gasteiger partial charge in [-0.2, -0.15) is 0 Å². The van der Waals surface area contributed by atoms with E-state index in [4.69, 9.17) is 10.4 Å². The first-order chi connectivity index (χ1) is 18.5. The zero-order valence-corrected chi connectivity index (χ0v) is 22.3. The smallest absolute Gasteiger partial charge is 0.267 e. The summed E-state index contributed by atoms with van der Waals surface area (Å²) in [4.78, 5) is 23.0. The molecule has 1 fully saturated rings. The molecule has 3 heterocycles. The lowest BCUT2D eigenvalue weighted by Gasteiger charge is -2.17. The van der Waals surface area contributed by atoms with Gasteiger partial charge in [-0.3, -0.25) is 19.3 Å². The highest BCUT2D eigenvalue weighted by atomic mass is 31.0. The number of rotatable bonds is 6. The molecule has 3 unspecified atom stereocenters. The van der Waals surface area contributed by atoms with E-state index >= 15 is 0 Å². The number of hydrogen-bond donors (Lipinski definition) is 3. The molecule has 4 aromatic rings. The van der Waals surface area contributed by atoms with Crippen LogP contribution < -0.4 is 38.0 Å². The molecule has 0 amide bonds. The minimum atomic E-state index is -0.241. The van der Waals surface area contributed by atoms with Gasteiger partial charge in [-0.25, -0.2) is 9.98 Å². The molecule has 2 aromatic heterocycles. The molecule has 9 heteroatoms. The largest absolute Gasteiger partial charge is 0.367 e. The Morgan fingerprint density at radius 2 is 1.84 bits per heavy atom. The maximum Gasteiger partial charge on any atom is 0.267 e. The third kappa shape index (κ3) is 4.45. The maximum atomic E-state index is 13.6. The number of hydrogen-bond acceptors (Lipinski definition) is 6. The van der Waals surface area contributed by atoms with Gasteiger partial charge in [-0.1, -0.05) is 57.8 Å². The van der Waals surface area contributed by atoms with Gasteiger partial charge in [0.25, 0.3) is 5.56 Å². The van der Waals surface area contributed by atoms with Crippen LogP contribution in [0.1, 0.15) is 30.9 Å². The first kappa shape index (κ1) is 24.3. The van der Waals surface area contributed by atoms with Crippen LogP contribution in [0.3, 0.4) is 0 Å². The molecule has 192 valence electrons. The molecule has 2 aliphatic rings. The van der Waals surface area contributed by atoms with Crippen molar-refractivity contribution in [3.05, 3.63) is 105 Å². The van der Waals surface area contributed by atoms with E-state index in [1.54, 1.807) is 11.6 Å². The van der Waals surface area contributed by atoms with E-state index in [2.05, 4.69) is 49.1 Å². The van der Waals surface area contributed by atoms with Gasteiger partial charge in [0.2, 0.25) is 5.62 Å². The Labute approximate surface area is 222 Å². The molecule has 0 saturated heterocycles. The third-order valence-electron chi connectivity index (χ3n) is 7.35. The molecule has 0 bridgehead atoms. The number of para-hydroxylation sites is 1. The number of pyridine rings is 1. The summed E-state index contributed by atoms with van der Waals surface area (Å²) in [5, 5.41) is 16.3. The Balaban J connectivity index is 1.40. The molecule has 1 saturated carbocycles. The molecule has 1 aliphatic heterocycles. The van der Waals surface area contributed by atoms with Crippen LogP contribution in [0, 0.1) is 5.41 Å². The molecule has 1 aliphatic carbocycles. The lowest BCUT2D eigenvalue weighted by atomic mass is 10.1. The van der Waals surface area contributed by atoms with Gasteiger partial charge < -0.3 is 10.6 Å². The summed E-state index contributed by atoms with van der Waals surface area (Å²) in [6.45, 7) is 0.479. The fraction of sp³-hybridized carbons (Fsp3) is 0.241. The first-order valence-electron chi connectivity index (χ1n) is 12.9. The predicted molar refractivity (Wildman–Crippen MR) is 152 cm³/mol. The molecule has 8 nitrogen and oxygen atoms in total. The molecule has 38 heavy (non-hydrogen) atoms. The van der Waals surface area contributed by atoms with Crippen molar-refractivity contribution in [1.82, 2.24) is 19.4 Å². The molecular weight excluding hydrogens is 493 g/mol. The standard InChI is InChI=1S/C29H30N7OP/c1-35-28(37)25(26(30)36-23-11-5-10-22(23)34-29(35)36)27(32-20-7-3-2-4-8-20)31-17-18-13-15-19(16-14-18)21-9-6-12-24(38)33-21/h2-4,6-9,12-16,22-23,30-32H,5,10-11,17,38H2,1H3/b27-25-,30-26?. The summed E-state index contributed by atoms with van der Waals surface area (Å²) >= 11 is 0. The van der Waals surface area contributed by atoms with Crippen molar-refractivity contribution < 1.29 is 0 Å². The quantitative estimate of drug-likeness (QED) is 0.336. The summed E-state index contributed by atoms with van der Waals surface area (Å²) in [7, 11) is 4.38. The highest BCUT2D eigenvalue weighted by Crippen LogP contribution is 2.32. The van der Waals surface area contributed by atoms with Crippen molar-refractivity contribution in [2.24, 2.45) is 12.0 Å². The van der Waals surface area contributed by atoms with Crippen LogP contribution in [0.2, 0.25) is 0 Å². The number of nitrogens with zero attached hydrogens (tertiary/aromatic N) is 4. The van der Waals surface area contributed by atoms with Crippen molar-refractivity contribution in [2.75, 3.05) is 5.32 Å². The fourth-order valence-corrected chi connectivity index (χ4v) is 5.66. The molecule has 2 aromatic carbocycles. The van der Waals surface area contributed by atoms with Crippen LogP contribution in [0.5, 0.6) is 0 Å². The van der Waals surface area contributed by atoms with Gasteiger partial charge in [-0.15, -0.1) is 0 Å². The molecule has 6 rings (SSSR count). The van der Waals surface area contributed by atoms with Crippen molar-refractivity contribution in [1.29, 1.82) is 5.41 Å². The van der Waals surface area contributed by atoms with Crippen LogP contribution in [0.25, 0.3) is 17.1 Å². The topological polar surface area (TPSA) is 100 Å². The van der Waals surface area contributed by atoms with Crippen molar-refractivity contribution >= 4 is 26.2 Å². The number of benzene rings is 2. The van der Waals surface area contributed by atoms with E-state index in [0.717, 1.165) is 47.2 Å². The van der Waals surface area contributed by atoms with Crippen molar-refractivity contribution in [3.8, 4) is 11.3 Å². The van der Waals surface area contributed by atoms with Gasteiger partial charge in [0.1, 0.15) is 16.5 Å². The molecule has 3 N–H and O–H groups in total. The number of fused-ring (bicyclic) bond motifs is 3. The molecule has 0 radical (unpaired) electrons. The zero-order chi connectivity index (χ0) is 26.2. The molecular formula is C29H30N7OP. The minimum absolute atomic E-state index is 0.141. The summed E-state index contributed by atoms with van der Waals surface area (Å²) in [6.07, 6.45) is 3.07. The number of anilines is 1. The fourth-order valence-electron chi connectivity index (χ4n) is 5.41. The Hall–Kier alpha value is -4.03. The van der Waals surface area contributed by atoms with E-state index < -0.39 is 0 Å². The molecule has 0 spiro atoms. The van der Waals surface area contributed by atoms with Crippen LogP contribution in [-0.2, 0) is 13.6 Å². The maximum absolute atomic E-state index is 13.6. The Bertz CT molecular complexity index is 1740. The summed E-state index contributed by atoms with van der Waals surface area (Å²) in [5.41, 5.74) is 5.29. The lowest BCUT2D eigenvalue weighted by molar-refractivity contribution is 0.465. The molecule has 3 atom stereocenters. The minimum Gasteiger partial charge on any atom is -0.367 e. The summed E-state index contributed by atoms with van der Waals surface area (Å²) in [6, 6.07) is 24.2. The average molecular weight is 524 g/mol. The third-order valence-corrected chi connectivity index (χ3v) is 7.67. The van der Waals surface area contributed by atoms with Crippen molar-refractivity contribution in [3.63, 3.8) is 0 Å². The van der Waals surface area contributed by atoms with Gasteiger partial charge in [0.15, 0.2) is 0 Å². The number of aromatic nitrogens is 3. The van der Waals surface area contributed by atoms with Gasteiger partial charge in [-0.05, 0) is 49.1 Å². The second kappa shape index (κ2) is 10.0. The second-order valence-electron chi connectivity index (χ2n) is 9.82. The average Bonchev–Trinajstić information content (AvgIpc) is 3.53. The van der Waals surface area contributed by atoms with Crippen LogP contribution in [-0.4, -0.2) is 20.2 Å².